The lowest BCUT2D eigenvalue weighted by atomic mass is 10.0. The van der Waals surface area contributed by atoms with Crippen LogP contribution >= 0.6 is 11.3 Å². The van der Waals surface area contributed by atoms with Gasteiger partial charge in [0.15, 0.2) is 0 Å². The van der Waals surface area contributed by atoms with Gasteiger partial charge in [-0.2, -0.15) is 0 Å². The van der Waals surface area contributed by atoms with E-state index in [4.69, 9.17) is 4.74 Å². The van der Waals surface area contributed by atoms with Gasteiger partial charge in [-0.15, -0.1) is 11.3 Å². The van der Waals surface area contributed by atoms with Crippen molar-refractivity contribution in [2.75, 3.05) is 17.7 Å². The molecule has 0 fully saturated rings. The summed E-state index contributed by atoms with van der Waals surface area (Å²) in [5.74, 6) is -0.128. The van der Waals surface area contributed by atoms with E-state index in [1.54, 1.807) is 32.0 Å². The lowest BCUT2D eigenvalue weighted by Crippen LogP contribution is -2.32. The topological polar surface area (TPSA) is 102 Å². The maximum atomic E-state index is 13.5. The minimum Gasteiger partial charge on any atom is -0.495 e. The summed E-state index contributed by atoms with van der Waals surface area (Å²) in [4.78, 5) is 45.0. The van der Waals surface area contributed by atoms with Crippen molar-refractivity contribution in [3.05, 3.63) is 80.7 Å². The largest absolute Gasteiger partial charge is 0.495 e. The summed E-state index contributed by atoms with van der Waals surface area (Å²) < 4.78 is 6.63. The van der Waals surface area contributed by atoms with Gasteiger partial charge in [-0.05, 0) is 55.5 Å². The average Bonchev–Trinajstić information content (AvgIpc) is 3.25. The van der Waals surface area contributed by atoms with Crippen molar-refractivity contribution in [3.63, 3.8) is 0 Å². The molecule has 4 aromatic rings. The van der Waals surface area contributed by atoms with Gasteiger partial charge in [0.1, 0.15) is 16.6 Å². The number of fused-ring (bicyclic) bond motifs is 1. The van der Waals surface area contributed by atoms with Crippen LogP contribution < -0.4 is 20.9 Å². The predicted molar refractivity (Wildman–Crippen MR) is 148 cm³/mol. The van der Waals surface area contributed by atoms with Crippen molar-refractivity contribution in [3.8, 4) is 5.75 Å². The first-order valence-corrected chi connectivity index (χ1v) is 13.0. The van der Waals surface area contributed by atoms with E-state index in [0.29, 0.717) is 32.1 Å². The summed E-state index contributed by atoms with van der Waals surface area (Å²) in [6.45, 7) is 7.47. The smallest absolute Gasteiger partial charge is 0.266 e. The second kappa shape index (κ2) is 11.0. The van der Waals surface area contributed by atoms with Crippen molar-refractivity contribution in [1.29, 1.82) is 0 Å². The number of amides is 2. The highest BCUT2D eigenvalue weighted by Gasteiger charge is 2.24. The van der Waals surface area contributed by atoms with Crippen LogP contribution in [0.1, 0.15) is 53.2 Å². The highest BCUT2D eigenvalue weighted by Crippen LogP contribution is 2.30. The molecule has 0 aliphatic rings. The molecule has 4 rings (SSSR count). The van der Waals surface area contributed by atoms with Crippen molar-refractivity contribution in [2.24, 2.45) is 0 Å². The summed E-state index contributed by atoms with van der Waals surface area (Å²) in [5, 5.41) is 6.21. The van der Waals surface area contributed by atoms with E-state index >= 15 is 0 Å². The number of nitrogens with zero attached hydrogens (tertiary/aromatic N) is 2. The van der Waals surface area contributed by atoms with Crippen molar-refractivity contribution in [2.45, 2.75) is 46.6 Å². The van der Waals surface area contributed by atoms with Gasteiger partial charge >= 0.3 is 0 Å². The first-order chi connectivity index (χ1) is 17.8. The van der Waals surface area contributed by atoms with Gasteiger partial charge in [-0.3, -0.25) is 19.0 Å². The number of benzene rings is 2. The molecule has 2 N–H and O–H groups in total. The fourth-order valence-corrected chi connectivity index (χ4v) is 5.35. The second-order valence-electron chi connectivity index (χ2n) is 8.67. The number of hydrogen-bond acceptors (Lipinski definition) is 6. The molecular weight excluding hydrogens is 488 g/mol. The van der Waals surface area contributed by atoms with E-state index in [9.17, 15) is 14.4 Å². The molecule has 8 nitrogen and oxygen atoms in total. The fourth-order valence-electron chi connectivity index (χ4n) is 4.31. The molecule has 0 radical (unpaired) electrons. The Balaban J connectivity index is 1.65. The van der Waals surface area contributed by atoms with Gasteiger partial charge in [-0.25, -0.2) is 4.98 Å². The van der Waals surface area contributed by atoms with Gasteiger partial charge in [-0.1, -0.05) is 44.2 Å². The number of rotatable bonds is 8. The summed E-state index contributed by atoms with van der Waals surface area (Å²) >= 11 is 1.14. The summed E-state index contributed by atoms with van der Waals surface area (Å²) in [7, 11) is 1.53. The maximum absolute atomic E-state index is 13.5. The monoisotopic (exact) mass is 518 g/mol. The highest BCUT2D eigenvalue weighted by atomic mass is 32.1. The van der Waals surface area contributed by atoms with E-state index in [0.717, 1.165) is 41.0 Å². The fraction of sp³-hybridized carbons (Fsp3) is 0.286. The zero-order chi connectivity index (χ0) is 26.7. The number of nitrogens with one attached hydrogen (secondary N) is 2. The number of carbonyl (C=O) groups excluding carboxylic acids is 2. The van der Waals surface area contributed by atoms with Crippen LogP contribution in [0.5, 0.6) is 5.75 Å². The molecule has 9 heteroatoms. The van der Waals surface area contributed by atoms with Crippen LogP contribution in [-0.4, -0.2) is 28.5 Å². The number of ether oxygens (including phenoxy) is 1. The zero-order valence-corrected chi connectivity index (χ0v) is 22.4. The van der Waals surface area contributed by atoms with Crippen LogP contribution in [0.15, 0.2) is 53.6 Å². The molecule has 0 aliphatic carbocycles. The SMILES string of the molecule is CCc1cccc(CC)c1NC(=O)C(C)n1cnc2sc(C(=O)Nc3ccccc3OC)c(C)c2c1=O. The molecule has 1 atom stereocenters. The van der Waals surface area contributed by atoms with Crippen molar-refractivity contribution >= 4 is 44.7 Å². The third-order valence-corrected chi connectivity index (χ3v) is 7.68. The molecule has 0 spiro atoms. The van der Waals surface area contributed by atoms with Gasteiger partial charge in [0, 0.05) is 5.69 Å². The standard InChI is InChI=1S/C28H30N4O4S/c1-6-18-11-10-12-19(7-2)23(18)31-25(33)17(4)32-15-29-27-22(28(32)35)16(3)24(37-27)26(34)30-20-13-8-9-14-21(20)36-5/h8-15,17H,6-7H2,1-5H3,(H,30,34)(H,31,33). The number of aromatic nitrogens is 2. The minimum atomic E-state index is -0.802. The number of para-hydroxylation sites is 3. The Labute approximate surface area is 219 Å². The molecule has 0 aliphatic heterocycles. The Morgan fingerprint density at radius 3 is 2.38 bits per heavy atom. The molecule has 0 bridgehead atoms. The van der Waals surface area contributed by atoms with Gasteiger partial charge in [0.2, 0.25) is 5.91 Å². The molecule has 2 heterocycles. The third kappa shape index (κ3) is 4.99. The molecular formula is C28H30N4O4S. The average molecular weight is 519 g/mol. The number of carbonyl (C=O) groups is 2. The number of anilines is 2. The van der Waals surface area contributed by atoms with Crippen LogP contribution in [0.25, 0.3) is 10.2 Å². The Morgan fingerprint density at radius 2 is 1.73 bits per heavy atom. The Morgan fingerprint density at radius 1 is 1.05 bits per heavy atom. The normalized spacial score (nSPS) is 11.8. The maximum Gasteiger partial charge on any atom is 0.266 e. The van der Waals surface area contributed by atoms with Crippen LogP contribution in [0.2, 0.25) is 0 Å². The number of methoxy groups -OCH3 is 1. The van der Waals surface area contributed by atoms with Crippen LogP contribution in [0, 0.1) is 6.92 Å². The Bertz CT molecular complexity index is 1520. The molecule has 0 saturated heterocycles. The van der Waals surface area contributed by atoms with Crippen LogP contribution in [-0.2, 0) is 17.6 Å². The Hall–Kier alpha value is -3.98. The first kappa shape index (κ1) is 26.1. The third-order valence-electron chi connectivity index (χ3n) is 6.48. The quantitative estimate of drug-likeness (QED) is 0.327. The first-order valence-electron chi connectivity index (χ1n) is 12.2. The molecule has 37 heavy (non-hydrogen) atoms. The predicted octanol–water partition coefficient (Wildman–Crippen LogP) is 5.35. The lowest BCUT2D eigenvalue weighted by molar-refractivity contribution is -0.118. The molecule has 1 unspecified atom stereocenters. The molecule has 2 amide bonds. The van der Waals surface area contributed by atoms with Crippen LogP contribution in [0.4, 0.5) is 11.4 Å². The zero-order valence-electron chi connectivity index (χ0n) is 21.5. The van der Waals surface area contributed by atoms with E-state index in [1.807, 2.05) is 38.1 Å². The minimum absolute atomic E-state index is 0.305. The van der Waals surface area contributed by atoms with E-state index in [1.165, 1.54) is 18.0 Å². The van der Waals surface area contributed by atoms with Crippen molar-refractivity contribution in [1.82, 2.24) is 9.55 Å². The van der Waals surface area contributed by atoms with Gasteiger partial charge in [0.05, 0.1) is 29.4 Å². The summed E-state index contributed by atoms with van der Waals surface area (Å²) in [5.41, 5.74) is 3.57. The van der Waals surface area contributed by atoms with Gasteiger partial charge in [0.25, 0.3) is 11.5 Å². The second-order valence-corrected chi connectivity index (χ2v) is 9.67. The van der Waals surface area contributed by atoms with E-state index in [-0.39, 0.29) is 17.4 Å². The summed E-state index contributed by atoms with van der Waals surface area (Å²) in [6.07, 6.45) is 2.93. The van der Waals surface area contributed by atoms with E-state index < -0.39 is 6.04 Å². The molecule has 2 aromatic heterocycles. The molecule has 0 saturated carbocycles. The number of aryl methyl sites for hydroxylation is 3. The van der Waals surface area contributed by atoms with Gasteiger partial charge < -0.3 is 15.4 Å². The van der Waals surface area contributed by atoms with E-state index in [2.05, 4.69) is 15.6 Å². The number of hydrogen-bond donors (Lipinski definition) is 2. The lowest BCUT2D eigenvalue weighted by Gasteiger charge is -2.18. The van der Waals surface area contributed by atoms with Crippen molar-refractivity contribution < 1.29 is 14.3 Å². The molecule has 2 aromatic carbocycles. The highest BCUT2D eigenvalue weighted by molar-refractivity contribution is 7.20. The Kier molecular flexibility index (Phi) is 7.73. The summed E-state index contributed by atoms with van der Waals surface area (Å²) in [6, 6.07) is 12.3. The van der Waals surface area contributed by atoms with Crippen LogP contribution in [0.3, 0.4) is 0 Å². The number of thiophene rings is 1. The molecule has 192 valence electrons.